The van der Waals surface area contributed by atoms with Gasteiger partial charge in [0.05, 0.1) is 6.04 Å². The molecule has 0 fully saturated rings. The van der Waals surface area contributed by atoms with E-state index in [1.165, 1.54) is 0 Å². The largest absolute Gasteiger partial charge is 0.323 e. The van der Waals surface area contributed by atoms with Crippen molar-refractivity contribution in [2.75, 3.05) is 0 Å². The van der Waals surface area contributed by atoms with Gasteiger partial charge in [-0.2, -0.15) is 11.3 Å². The van der Waals surface area contributed by atoms with E-state index in [1.807, 2.05) is 16.8 Å². The number of hydrogen-bond acceptors (Lipinski definition) is 2. The first kappa shape index (κ1) is 9.61. The van der Waals surface area contributed by atoms with Gasteiger partial charge in [0.25, 0.3) is 6.43 Å². The standard InChI is InChI=1S/C8H11F2NS/c9-8(10)7(11)2-1-6-3-4-12-5-6/h3-5,7-8H,1-2,11H2. The molecule has 1 heterocycles. The summed E-state index contributed by atoms with van der Waals surface area (Å²) in [5.74, 6) is 0. The molecule has 0 aromatic carbocycles. The minimum Gasteiger partial charge on any atom is -0.323 e. The highest BCUT2D eigenvalue weighted by molar-refractivity contribution is 7.07. The van der Waals surface area contributed by atoms with Gasteiger partial charge in [0.2, 0.25) is 0 Å². The van der Waals surface area contributed by atoms with Gasteiger partial charge < -0.3 is 5.73 Å². The van der Waals surface area contributed by atoms with Gasteiger partial charge >= 0.3 is 0 Å². The minimum atomic E-state index is -2.40. The third-order valence-electron chi connectivity index (χ3n) is 1.67. The lowest BCUT2D eigenvalue weighted by molar-refractivity contribution is 0.112. The molecule has 0 saturated carbocycles. The zero-order valence-electron chi connectivity index (χ0n) is 6.54. The van der Waals surface area contributed by atoms with Gasteiger partial charge in [-0.25, -0.2) is 8.78 Å². The number of thiophene rings is 1. The van der Waals surface area contributed by atoms with E-state index < -0.39 is 12.5 Å². The predicted octanol–water partition coefficient (Wildman–Crippen LogP) is 2.27. The van der Waals surface area contributed by atoms with Crippen molar-refractivity contribution in [3.05, 3.63) is 22.4 Å². The van der Waals surface area contributed by atoms with Crippen LogP contribution in [-0.2, 0) is 6.42 Å². The zero-order chi connectivity index (χ0) is 8.97. The Morgan fingerprint density at radius 3 is 2.75 bits per heavy atom. The van der Waals surface area contributed by atoms with E-state index >= 15 is 0 Å². The van der Waals surface area contributed by atoms with E-state index in [-0.39, 0.29) is 0 Å². The quantitative estimate of drug-likeness (QED) is 0.776. The van der Waals surface area contributed by atoms with E-state index in [4.69, 9.17) is 5.73 Å². The fourth-order valence-corrected chi connectivity index (χ4v) is 1.60. The van der Waals surface area contributed by atoms with Gasteiger partial charge in [-0.1, -0.05) is 0 Å². The van der Waals surface area contributed by atoms with E-state index in [1.54, 1.807) is 11.3 Å². The molecule has 2 N–H and O–H groups in total. The average molecular weight is 191 g/mol. The van der Waals surface area contributed by atoms with Crippen molar-refractivity contribution in [2.24, 2.45) is 5.73 Å². The molecule has 4 heteroatoms. The summed E-state index contributed by atoms with van der Waals surface area (Å²) in [5, 5.41) is 3.89. The van der Waals surface area contributed by atoms with Gasteiger partial charge in [-0.3, -0.25) is 0 Å². The number of aryl methyl sites for hydroxylation is 1. The Morgan fingerprint density at radius 1 is 1.50 bits per heavy atom. The summed E-state index contributed by atoms with van der Waals surface area (Å²) in [6.45, 7) is 0. The average Bonchev–Trinajstić information content (AvgIpc) is 2.51. The second-order valence-electron chi connectivity index (χ2n) is 2.67. The number of nitrogens with two attached hydrogens (primary N) is 1. The Hall–Kier alpha value is -0.480. The first-order valence-electron chi connectivity index (χ1n) is 3.75. The molecule has 1 atom stereocenters. The topological polar surface area (TPSA) is 26.0 Å². The Morgan fingerprint density at radius 2 is 2.25 bits per heavy atom. The van der Waals surface area contributed by atoms with Crippen LogP contribution < -0.4 is 5.73 Å². The summed E-state index contributed by atoms with van der Waals surface area (Å²) in [5.41, 5.74) is 6.28. The van der Waals surface area contributed by atoms with Crippen LogP contribution in [0.2, 0.25) is 0 Å². The second kappa shape index (κ2) is 4.52. The maximum absolute atomic E-state index is 11.9. The molecule has 0 aliphatic heterocycles. The summed E-state index contributed by atoms with van der Waals surface area (Å²) in [6.07, 6.45) is -1.40. The van der Waals surface area contributed by atoms with Crippen molar-refractivity contribution in [2.45, 2.75) is 25.3 Å². The van der Waals surface area contributed by atoms with Gasteiger partial charge in [0.1, 0.15) is 0 Å². The first-order chi connectivity index (χ1) is 5.70. The predicted molar refractivity (Wildman–Crippen MR) is 46.6 cm³/mol. The Bertz CT molecular complexity index is 211. The highest BCUT2D eigenvalue weighted by Crippen LogP contribution is 2.11. The lowest BCUT2D eigenvalue weighted by Crippen LogP contribution is -2.28. The van der Waals surface area contributed by atoms with E-state index in [2.05, 4.69) is 0 Å². The van der Waals surface area contributed by atoms with Crippen LogP contribution in [0.4, 0.5) is 8.78 Å². The molecule has 1 nitrogen and oxygen atoms in total. The second-order valence-corrected chi connectivity index (χ2v) is 3.45. The summed E-state index contributed by atoms with van der Waals surface area (Å²) in [6, 6.07) is 0.952. The molecule has 0 aliphatic rings. The van der Waals surface area contributed by atoms with E-state index in [9.17, 15) is 8.78 Å². The Kier molecular flexibility index (Phi) is 3.62. The third-order valence-corrected chi connectivity index (χ3v) is 2.40. The Labute approximate surface area is 74.2 Å². The molecule has 1 unspecified atom stereocenters. The summed E-state index contributed by atoms with van der Waals surface area (Å²) < 4.78 is 23.9. The molecule has 1 aromatic rings. The van der Waals surface area contributed by atoms with Gasteiger partial charge in [0.15, 0.2) is 0 Å². The molecule has 0 aliphatic carbocycles. The van der Waals surface area contributed by atoms with Crippen LogP contribution >= 0.6 is 11.3 Å². The minimum absolute atomic E-state index is 0.356. The molecule has 12 heavy (non-hydrogen) atoms. The number of hydrogen-bond donors (Lipinski definition) is 1. The fourth-order valence-electron chi connectivity index (χ4n) is 0.894. The van der Waals surface area contributed by atoms with Crippen LogP contribution in [0.5, 0.6) is 0 Å². The first-order valence-corrected chi connectivity index (χ1v) is 4.69. The monoisotopic (exact) mass is 191 g/mol. The number of alkyl halides is 2. The molecular weight excluding hydrogens is 180 g/mol. The van der Waals surface area contributed by atoms with Gasteiger partial charge in [-0.15, -0.1) is 0 Å². The van der Waals surface area contributed by atoms with Crippen LogP contribution in [0.3, 0.4) is 0 Å². The molecule has 0 amide bonds. The van der Waals surface area contributed by atoms with Crippen molar-refractivity contribution in [1.29, 1.82) is 0 Å². The third kappa shape index (κ3) is 2.87. The van der Waals surface area contributed by atoms with Crippen molar-refractivity contribution in [1.82, 2.24) is 0 Å². The normalized spacial score (nSPS) is 13.7. The maximum atomic E-state index is 11.9. The number of halogens is 2. The molecule has 0 bridgehead atoms. The maximum Gasteiger partial charge on any atom is 0.253 e. The molecule has 0 radical (unpaired) electrons. The molecule has 1 aromatic heterocycles. The zero-order valence-corrected chi connectivity index (χ0v) is 7.36. The SMILES string of the molecule is NC(CCc1ccsc1)C(F)F. The molecule has 1 rings (SSSR count). The summed E-state index contributed by atoms with van der Waals surface area (Å²) >= 11 is 1.57. The smallest absolute Gasteiger partial charge is 0.253 e. The molecule has 0 saturated heterocycles. The van der Waals surface area contributed by atoms with E-state index in [0.29, 0.717) is 12.8 Å². The highest BCUT2D eigenvalue weighted by Gasteiger charge is 2.14. The lowest BCUT2D eigenvalue weighted by Gasteiger charge is -2.08. The van der Waals surface area contributed by atoms with Gasteiger partial charge in [0, 0.05) is 0 Å². The van der Waals surface area contributed by atoms with Crippen LogP contribution in [0.25, 0.3) is 0 Å². The number of rotatable bonds is 4. The van der Waals surface area contributed by atoms with Crippen molar-refractivity contribution >= 4 is 11.3 Å². The van der Waals surface area contributed by atoms with Crippen LogP contribution in [0, 0.1) is 0 Å². The van der Waals surface area contributed by atoms with E-state index in [0.717, 1.165) is 5.56 Å². The van der Waals surface area contributed by atoms with Crippen molar-refractivity contribution in [3.63, 3.8) is 0 Å². The molecule has 0 spiro atoms. The van der Waals surface area contributed by atoms with Gasteiger partial charge in [-0.05, 0) is 35.2 Å². The van der Waals surface area contributed by atoms with Crippen molar-refractivity contribution < 1.29 is 8.78 Å². The molecular formula is C8H11F2NS. The fraction of sp³-hybridized carbons (Fsp3) is 0.500. The van der Waals surface area contributed by atoms with Crippen LogP contribution in [-0.4, -0.2) is 12.5 Å². The molecule has 68 valence electrons. The summed E-state index contributed by atoms with van der Waals surface area (Å²) in [7, 11) is 0. The van der Waals surface area contributed by atoms with Crippen LogP contribution in [0.1, 0.15) is 12.0 Å². The Balaban J connectivity index is 2.27. The summed E-state index contributed by atoms with van der Waals surface area (Å²) in [4.78, 5) is 0. The lowest BCUT2D eigenvalue weighted by atomic mass is 10.1. The van der Waals surface area contributed by atoms with Crippen molar-refractivity contribution in [3.8, 4) is 0 Å². The highest BCUT2D eigenvalue weighted by atomic mass is 32.1. The van der Waals surface area contributed by atoms with Crippen LogP contribution in [0.15, 0.2) is 16.8 Å².